The summed E-state index contributed by atoms with van der Waals surface area (Å²) in [6.07, 6.45) is -4.75. The van der Waals surface area contributed by atoms with Crippen molar-refractivity contribution in [1.29, 1.82) is 0 Å². The van der Waals surface area contributed by atoms with E-state index >= 15 is 0 Å². The van der Waals surface area contributed by atoms with Gasteiger partial charge in [0.2, 0.25) is 5.91 Å². The fraction of sp³-hybridized carbons (Fsp3) is 0.240. The van der Waals surface area contributed by atoms with Crippen LogP contribution in [0.2, 0.25) is 5.02 Å². The number of amides is 1. The van der Waals surface area contributed by atoms with Crippen LogP contribution in [0.15, 0.2) is 71.6 Å². The fourth-order valence-corrected chi connectivity index (χ4v) is 5.45. The Morgan fingerprint density at radius 3 is 2.38 bits per heavy atom. The molecule has 0 spiro atoms. The maximum atomic E-state index is 13.5. The van der Waals surface area contributed by atoms with Crippen molar-refractivity contribution in [2.24, 2.45) is 0 Å². The monoisotopic (exact) mass is 554 g/mol. The van der Waals surface area contributed by atoms with E-state index in [1.165, 1.54) is 24.3 Å². The minimum absolute atomic E-state index is 0.212. The summed E-state index contributed by atoms with van der Waals surface area (Å²) in [7, 11) is -4.46. The molecular formula is C25H22ClF3N2O5S. The van der Waals surface area contributed by atoms with Crippen molar-refractivity contribution in [3.63, 3.8) is 0 Å². The molecule has 0 bridgehead atoms. The third kappa shape index (κ3) is 5.94. The largest absolute Gasteiger partial charge is 0.486 e. The van der Waals surface area contributed by atoms with Gasteiger partial charge in [0, 0.05) is 0 Å². The first-order chi connectivity index (χ1) is 17.5. The van der Waals surface area contributed by atoms with Crippen molar-refractivity contribution in [1.82, 2.24) is 5.32 Å². The van der Waals surface area contributed by atoms with Crippen LogP contribution in [0.25, 0.3) is 0 Å². The van der Waals surface area contributed by atoms with Gasteiger partial charge in [0.25, 0.3) is 10.0 Å². The van der Waals surface area contributed by atoms with Gasteiger partial charge in [-0.25, -0.2) is 8.42 Å². The highest BCUT2D eigenvalue weighted by Crippen LogP contribution is 2.37. The number of hydrogen-bond acceptors (Lipinski definition) is 5. The zero-order valence-electron chi connectivity index (χ0n) is 19.5. The number of carbonyl (C=O) groups is 1. The van der Waals surface area contributed by atoms with Gasteiger partial charge in [-0.3, -0.25) is 9.10 Å². The van der Waals surface area contributed by atoms with E-state index in [1.807, 2.05) is 0 Å². The molecule has 7 nitrogen and oxygen atoms in total. The molecule has 1 amide bonds. The van der Waals surface area contributed by atoms with Gasteiger partial charge in [-0.2, -0.15) is 13.2 Å². The molecule has 1 heterocycles. The standard InChI is InChI=1S/C25H22ClF3N2O5S/c1-16(17-7-10-22-23(13-17)36-12-11-35-22)30-24(32)15-31(37(33,34)19-5-3-2-4-6-19)21-14-18(25(27,28)29)8-9-20(21)26/h2-10,13-14,16H,11-12,15H2,1H3,(H,30,32). The maximum absolute atomic E-state index is 13.5. The topological polar surface area (TPSA) is 84.9 Å². The van der Waals surface area contributed by atoms with E-state index in [9.17, 15) is 26.4 Å². The maximum Gasteiger partial charge on any atom is 0.416 e. The minimum atomic E-state index is -4.75. The highest BCUT2D eigenvalue weighted by Gasteiger charge is 2.34. The molecule has 0 saturated heterocycles. The fourth-order valence-electron chi connectivity index (χ4n) is 3.73. The summed E-state index contributed by atoms with van der Waals surface area (Å²) < 4.78 is 78.8. The lowest BCUT2D eigenvalue weighted by Crippen LogP contribution is -2.41. The molecule has 0 saturated carbocycles. The van der Waals surface area contributed by atoms with E-state index in [0.29, 0.717) is 40.6 Å². The summed E-state index contributed by atoms with van der Waals surface area (Å²) in [5.74, 6) is 0.317. The van der Waals surface area contributed by atoms with E-state index in [4.69, 9.17) is 21.1 Å². The zero-order valence-corrected chi connectivity index (χ0v) is 21.0. The van der Waals surface area contributed by atoms with Gasteiger partial charge in [0.15, 0.2) is 11.5 Å². The van der Waals surface area contributed by atoms with Crippen LogP contribution in [0.4, 0.5) is 18.9 Å². The second kappa shape index (κ2) is 10.5. The van der Waals surface area contributed by atoms with Crippen LogP contribution in [0, 0.1) is 0 Å². The van der Waals surface area contributed by atoms with Gasteiger partial charge >= 0.3 is 6.18 Å². The zero-order chi connectivity index (χ0) is 26.8. The third-order valence-electron chi connectivity index (χ3n) is 5.60. The molecule has 37 heavy (non-hydrogen) atoms. The highest BCUT2D eigenvalue weighted by molar-refractivity contribution is 7.92. The SMILES string of the molecule is CC(NC(=O)CN(c1cc(C(F)(F)F)ccc1Cl)S(=O)(=O)c1ccccc1)c1ccc2c(c1)OCCO2. The van der Waals surface area contributed by atoms with Crippen LogP contribution in [0.3, 0.4) is 0 Å². The van der Waals surface area contributed by atoms with Gasteiger partial charge in [-0.05, 0) is 55.0 Å². The number of sulfonamides is 1. The van der Waals surface area contributed by atoms with Gasteiger partial charge in [0.1, 0.15) is 19.8 Å². The van der Waals surface area contributed by atoms with Crippen molar-refractivity contribution in [3.8, 4) is 11.5 Å². The van der Waals surface area contributed by atoms with Gasteiger partial charge in [-0.1, -0.05) is 35.9 Å². The van der Waals surface area contributed by atoms with E-state index in [-0.39, 0.29) is 9.92 Å². The molecule has 12 heteroatoms. The molecule has 3 aromatic rings. The summed E-state index contributed by atoms with van der Waals surface area (Å²) in [6.45, 7) is 1.66. The summed E-state index contributed by atoms with van der Waals surface area (Å²) in [4.78, 5) is 12.8. The summed E-state index contributed by atoms with van der Waals surface area (Å²) in [5, 5.41) is 2.42. The number of nitrogens with one attached hydrogen (secondary N) is 1. The van der Waals surface area contributed by atoms with Crippen molar-refractivity contribution >= 4 is 33.2 Å². The van der Waals surface area contributed by atoms with Crippen LogP contribution in [-0.2, 0) is 21.0 Å². The van der Waals surface area contributed by atoms with E-state index < -0.39 is 45.9 Å². The molecule has 0 aliphatic carbocycles. The van der Waals surface area contributed by atoms with Crippen molar-refractivity contribution in [3.05, 3.63) is 82.9 Å². The number of anilines is 1. The predicted octanol–water partition coefficient (Wildman–Crippen LogP) is 5.20. The van der Waals surface area contributed by atoms with Crippen molar-refractivity contribution < 1.29 is 35.9 Å². The van der Waals surface area contributed by atoms with Gasteiger partial charge < -0.3 is 14.8 Å². The van der Waals surface area contributed by atoms with Crippen molar-refractivity contribution in [2.45, 2.75) is 24.0 Å². The average Bonchev–Trinajstić information content (AvgIpc) is 2.87. The first-order valence-electron chi connectivity index (χ1n) is 11.1. The quantitative estimate of drug-likeness (QED) is 0.434. The van der Waals surface area contributed by atoms with Crippen LogP contribution in [-0.4, -0.2) is 34.1 Å². The Bertz CT molecular complexity index is 1400. The van der Waals surface area contributed by atoms with E-state index in [0.717, 1.165) is 12.1 Å². The molecule has 0 radical (unpaired) electrons. The van der Waals surface area contributed by atoms with E-state index in [1.54, 1.807) is 31.2 Å². The molecule has 3 aromatic carbocycles. The second-order valence-corrected chi connectivity index (χ2v) is 10.5. The van der Waals surface area contributed by atoms with Gasteiger partial charge in [0.05, 0.1) is 27.2 Å². The van der Waals surface area contributed by atoms with Gasteiger partial charge in [-0.15, -0.1) is 0 Å². The summed E-state index contributed by atoms with van der Waals surface area (Å²) in [6, 6.07) is 13.9. The molecule has 0 aromatic heterocycles. The molecular weight excluding hydrogens is 533 g/mol. The van der Waals surface area contributed by atoms with Crippen LogP contribution < -0.4 is 19.1 Å². The number of benzene rings is 3. The molecule has 4 rings (SSSR count). The van der Waals surface area contributed by atoms with Crippen LogP contribution in [0.1, 0.15) is 24.1 Å². The number of hydrogen-bond donors (Lipinski definition) is 1. The number of halogens is 4. The number of carbonyl (C=O) groups excluding carboxylic acids is 1. The summed E-state index contributed by atoms with van der Waals surface area (Å²) in [5.41, 5.74) is -0.917. The number of fused-ring (bicyclic) bond motifs is 1. The third-order valence-corrected chi connectivity index (χ3v) is 7.70. The number of alkyl halides is 3. The predicted molar refractivity (Wildman–Crippen MR) is 131 cm³/mol. The lowest BCUT2D eigenvalue weighted by atomic mass is 10.1. The Hall–Kier alpha value is -3.44. The molecule has 0 fully saturated rings. The normalized spacial score (nSPS) is 14.1. The Balaban J connectivity index is 1.65. The first-order valence-corrected chi connectivity index (χ1v) is 12.9. The minimum Gasteiger partial charge on any atom is -0.486 e. The molecule has 1 N–H and O–H groups in total. The molecule has 1 aliphatic rings. The van der Waals surface area contributed by atoms with Crippen LogP contribution in [0.5, 0.6) is 11.5 Å². The molecule has 196 valence electrons. The lowest BCUT2D eigenvalue weighted by Gasteiger charge is -2.27. The highest BCUT2D eigenvalue weighted by atomic mass is 35.5. The smallest absolute Gasteiger partial charge is 0.416 e. The second-order valence-electron chi connectivity index (χ2n) is 8.18. The number of rotatable bonds is 7. The van der Waals surface area contributed by atoms with Crippen molar-refractivity contribution in [2.75, 3.05) is 24.1 Å². The molecule has 1 aliphatic heterocycles. The summed E-state index contributed by atoms with van der Waals surface area (Å²) >= 11 is 6.16. The first kappa shape index (κ1) is 26.6. The van der Waals surface area contributed by atoms with E-state index in [2.05, 4.69) is 5.32 Å². The molecule has 1 atom stereocenters. The Morgan fingerprint density at radius 1 is 1.03 bits per heavy atom. The Kier molecular flexibility index (Phi) is 7.56. The van der Waals surface area contributed by atoms with Crippen LogP contribution >= 0.6 is 11.6 Å². The Morgan fingerprint density at radius 2 is 1.70 bits per heavy atom. The number of nitrogens with zero attached hydrogens (tertiary/aromatic N) is 1. The number of ether oxygens (including phenoxy) is 2. The molecule has 1 unspecified atom stereocenters. The average molecular weight is 555 g/mol. The Labute approximate surface area is 216 Å². The lowest BCUT2D eigenvalue weighted by molar-refractivity contribution is -0.137.